The van der Waals surface area contributed by atoms with Crippen molar-refractivity contribution < 1.29 is 9.18 Å². The smallest absolute Gasteiger partial charge is 0.225 e. The SMILES string of the molecule is CC(C)C(=O)N1CCC(c2nc(N(C)C)ncc2-c2cccc(F)c2)CC1. The molecule has 1 aromatic heterocycles. The molecule has 1 aliphatic rings. The van der Waals surface area contributed by atoms with Crippen LogP contribution >= 0.6 is 0 Å². The van der Waals surface area contributed by atoms with E-state index in [1.54, 1.807) is 12.3 Å². The van der Waals surface area contributed by atoms with Crippen LogP contribution in [-0.2, 0) is 4.79 Å². The second-order valence-electron chi connectivity index (χ2n) is 7.63. The first-order chi connectivity index (χ1) is 12.9. The van der Waals surface area contributed by atoms with E-state index in [-0.39, 0.29) is 23.6 Å². The number of amides is 1. The summed E-state index contributed by atoms with van der Waals surface area (Å²) in [5.74, 6) is 0.818. The van der Waals surface area contributed by atoms with Crippen molar-refractivity contribution in [1.82, 2.24) is 14.9 Å². The molecule has 0 aliphatic carbocycles. The Bertz CT molecular complexity index is 814. The highest BCUT2D eigenvalue weighted by molar-refractivity contribution is 5.78. The summed E-state index contributed by atoms with van der Waals surface area (Å²) >= 11 is 0. The molecule has 0 N–H and O–H groups in total. The monoisotopic (exact) mass is 370 g/mol. The minimum atomic E-state index is -0.271. The Balaban J connectivity index is 1.91. The third-order valence-corrected chi connectivity index (χ3v) is 5.03. The molecule has 0 unspecified atom stereocenters. The molecular formula is C21H27FN4O. The first kappa shape index (κ1) is 19.3. The van der Waals surface area contributed by atoms with Crippen molar-refractivity contribution in [3.05, 3.63) is 42.0 Å². The van der Waals surface area contributed by atoms with Gasteiger partial charge in [0.15, 0.2) is 0 Å². The first-order valence-corrected chi connectivity index (χ1v) is 9.45. The van der Waals surface area contributed by atoms with Gasteiger partial charge in [0.2, 0.25) is 11.9 Å². The molecule has 27 heavy (non-hydrogen) atoms. The lowest BCUT2D eigenvalue weighted by Gasteiger charge is -2.33. The number of aromatic nitrogens is 2. The van der Waals surface area contributed by atoms with Crippen LogP contribution in [0, 0.1) is 11.7 Å². The molecule has 6 heteroatoms. The van der Waals surface area contributed by atoms with E-state index in [2.05, 4.69) is 4.98 Å². The van der Waals surface area contributed by atoms with Crippen LogP contribution in [0.4, 0.5) is 10.3 Å². The third-order valence-electron chi connectivity index (χ3n) is 5.03. The molecule has 2 aromatic rings. The van der Waals surface area contributed by atoms with Crippen molar-refractivity contribution in [2.24, 2.45) is 5.92 Å². The van der Waals surface area contributed by atoms with Crippen LogP contribution < -0.4 is 4.90 Å². The quantitative estimate of drug-likeness (QED) is 0.823. The molecule has 0 radical (unpaired) electrons. The average molecular weight is 370 g/mol. The van der Waals surface area contributed by atoms with Crippen LogP contribution in [0.5, 0.6) is 0 Å². The molecule has 0 spiro atoms. The molecule has 1 aliphatic heterocycles. The van der Waals surface area contributed by atoms with E-state index in [1.165, 1.54) is 12.1 Å². The Morgan fingerprint density at radius 1 is 1.26 bits per heavy atom. The van der Waals surface area contributed by atoms with Gasteiger partial charge < -0.3 is 9.80 Å². The summed E-state index contributed by atoms with van der Waals surface area (Å²) in [7, 11) is 3.82. The van der Waals surface area contributed by atoms with Crippen molar-refractivity contribution in [2.45, 2.75) is 32.6 Å². The highest BCUT2D eigenvalue weighted by atomic mass is 19.1. The minimum absolute atomic E-state index is 0.0174. The van der Waals surface area contributed by atoms with Gasteiger partial charge in [-0.25, -0.2) is 14.4 Å². The lowest BCUT2D eigenvalue weighted by Crippen LogP contribution is -2.40. The van der Waals surface area contributed by atoms with Gasteiger partial charge in [-0.3, -0.25) is 4.79 Å². The number of carbonyl (C=O) groups excluding carboxylic acids is 1. The first-order valence-electron chi connectivity index (χ1n) is 9.45. The van der Waals surface area contributed by atoms with Gasteiger partial charge in [0, 0.05) is 50.8 Å². The Hall–Kier alpha value is -2.50. The van der Waals surface area contributed by atoms with E-state index in [9.17, 15) is 9.18 Å². The Morgan fingerprint density at radius 3 is 2.56 bits per heavy atom. The van der Waals surface area contributed by atoms with Crippen molar-refractivity contribution in [3.8, 4) is 11.1 Å². The summed E-state index contributed by atoms with van der Waals surface area (Å²) in [6.45, 7) is 5.33. The number of hydrogen-bond acceptors (Lipinski definition) is 4. The zero-order valence-electron chi connectivity index (χ0n) is 16.4. The number of rotatable bonds is 4. The lowest BCUT2D eigenvalue weighted by atomic mass is 9.88. The Labute approximate surface area is 160 Å². The molecule has 3 rings (SSSR count). The molecule has 2 heterocycles. The molecule has 5 nitrogen and oxygen atoms in total. The topological polar surface area (TPSA) is 49.3 Å². The maximum atomic E-state index is 13.8. The normalized spacial score (nSPS) is 15.3. The van der Waals surface area contributed by atoms with Gasteiger partial charge in [-0.1, -0.05) is 26.0 Å². The second-order valence-corrected chi connectivity index (χ2v) is 7.63. The molecule has 0 saturated carbocycles. The fourth-order valence-electron chi connectivity index (χ4n) is 3.53. The number of likely N-dealkylation sites (tertiary alicyclic amines) is 1. The molecule has 1 amide bonds. The standard InChI is InChI=1S/C21H27FN4O/c1-14(2)20(27)26-10-8-15(9-11-26)19-18(13-23-21(24-19)25(3)4)16-6-5-7-17(22)12-16/h5-7,12-15H,8-11H2,1-4H3. The highest BCUT2D eigenvalue weighted by Crippen LogP contribution is 2.35. The predicted octanol–water partition coefficient (Wildman–Crippen LogP) is 3.71. The Kier molecular flexibility index (Phi) is 5.73. The van der Waals surface area contributed by atoms with Gasteiger partial charge in [0.1, 0.15) is 5.82 Å². The average Bonchev–Trinajstić information content (AvgIpc) is 2.67. The van der Waals surface area contributed by atoms with Gasteiger partial charge in [0.25, 0.3) is 0 Å². The lowest BCUT2D eigenvalue weighted by molar-refractivity contribution is -0.135. The number of piperidine rings is 1. The summed E-state index contributed by atoms with van der Waals surface area (Å²) in [4.78, 5) is 25.3. The summed E-state index contributed by atoms with van der Waals surface area (Å²) < 4.78 is 13.8. The van der Waals surface area contributed by atoms with Crippen LogP contribution in [0.25, 0.3) is 11.1 Å². The molecule has 1 saturated heterocycles. The summed E-state index contributed by atoms with van der Waals surface area (Å²) in [6.07, 6.45) is 3.49. The number of carbonyl (C=O) groups is 1. The largest absolute Gasteiger partial charge is 0.347 e. The van der Waals surface area contributed by atoms with Crippen LogP contribution in [0.15, 0.2) is 30.5 Å². The Morgan fingerprint density at radius 2 is 1.96 bits per heavy atom. The fraction of sp³-hybridized carbons (Fsp3) is 0.476. The summed E-state index contributed by atoms with van der Waals surface area (Å²) in [6, 6.07) is 6.55. The minimum Gasteiger partial charge on any atom is -0.347 e. The van der Waals surface area contributed by atoms with Crippen molar-refractivity contribution >= 4 is 11.9 Å². The summed E-state index contributed by atoms with van der Waals surface area (Å²) in [5.41, 5.74) is 2.60. The molecule has 144 valence electrons. The van der Waals surface area contributed by atoms with Crippen molar-refractivity contribution in [3.63, 3.8) is 0 Å². The summed E-state index contributed by atoms with van der Waals surface area (Å²) in [5, 5.41) is 0. The molecule has 1 aromatic carbocycles. The van der Waals surface area contributed by atoms with Gasteiger partial charge in [-0.05, 0) is 30.5 Å². The van der Waals surface area contributed by atoms with Crippen LogP contribution in [0.2, 0.25) is 0 Å². The molecular weight excluding hydrogens is 343 g/mol. The molecule has 1 fully saturated rings. The second kappa shape index (κ2) is 8.03. The number of nitrogens with zero attached hydrogens (tertiary/aromatic N) is 4. The van der Waals surface area contributed by atoms with Crippen molar-refractivity contribution in [2.75, 3.05) is 32.1 Å². The van der Waals surface area contributed by atoms with E-state index >= 15 is 0 Å². The van der Waals surface area contributed by atoms with Crippen molar-refractivity contribution in [1.29, 1.82) is 0 Å². The van der Waals surface area contributed by atoms with Gasteiger partial charge >= 0.3 is 0 Å². The number of anilines is 1. The number of hydrogen-bond donors (Lipinski definition) is 0. The zero-order valence-corrected chi connectivity index (χ0v) is 16.4. The predicted molar refractivity (Wildman–Crippen MR) is 105 cm³/mol. The number of benzene rings is 1. The van der Waals surface area contributed by atoms with E-state index in [4.69, 9.17) is 4.98 Å². The van der Waals surface area contributed by atoms with Crippen LogP contribution in [0.1, 0.15) is 38.3 Å². The van der Waals surface area contributed by atoms with Gasteiger partial charge in [0.05, 0.1) is 5.69 Å². The highest BCUT2D eigenvalue weighted by Gasteiger charge is 2.28. The maximum absolute atomic E-state index is 13.8. The van der Waals surface area contributed by atoms with Gasteiger partial charge in [-0.15, -0.1) is 0 Å². The fourth-order valence-corrected chi connectivity index (χ4v) is 3.53. The van der Waals surface area contributed by atoms with Gasteiger partial charge in [-0.2, -0.15) is 0 Å². The molecule has 0 atom stereocenters. The third kappa shape index (κ3) is 4.26. The van der Waals surface area contributed by atoms with E-state index in [0.29, 0.717) is 5.95 Å². The number of halogens is 1. The zero-order chi connectivity index (χ0) is 19.6. The van der Waals surface area contributed by atoms with E-state index in [0.717, 1.165) is 42.8 Å². The maximum Gasteiger partial charge on any atom is 0.225 e. The van der Waals surface area contributed by atoms with E-state index in [1.807, 2.05) is 43.8 Å². The van der Waals surface area contributed by atoms with Crippen LogP contribution in [-0.4, -0.2) is 48.0 Å². The molecule has 0 bridgehead atoms. The van der Waals surface area contributed by atoms with Crippen LogP contribution in [0.3, 0.4) is 0 Å². The van der Waals surface area contributed by atoms with E-state index < -0.39 is 0 Å².